The monoisotopic (exact) mass is 352 g/mol. The zero-order valence-electron chi connectivity index (χ0n) is 12.2. The van der Waals surface area contributed by atoms with Gasteiger partial charge in [-0.15, -0.1) is 11.8 Å². The first-order valence-corrected chi connectivity index (χ1v) is 10.1. The first kappa shape index (κ1) is 17.3. The van der Waals surface area contributed by atoms with E-state index in [2.05, 4.69) is 23.6 Å². The molecule has 0 saturated heterocycles. The van der Waals surface area contributed by atoms with Crippen LogP contribution in [0.5, 0.6) is 5.75 Å². The Hall–Kier alpha value is -1.04. The van der Waals surface area contributed by atoms with Crippen molar-refractivity contribution >= 4 is 33.3 Å². The number of ether oxygens (including phenoxy) is 1. The summed E-state index contributed by atoms with van der Waals surface area (Å²) >= 11 is 1.79. The summed E-state index contributed by atoms with van der Waals surface area (Å²) in [5, 5.41) is 2.10. The average molecular weight is 353 g/mol. The van der Waals surface area contributed by atoms with Crippen LogP contribution in [0.15, 0.2) is 64.9 Å². The van der Waals surface area contributed by atoms with Crippen molar-refractivity contribution in [1.82, 2.24) is 0 Å². The molecule has 2 aromatic rings. The molecule has 0 N–H and O–H groups in total. The standard InChI is InChI=1S/C17H17FOS3/c1-19-16-7-9-17(10-8-16)20-11-2-12-21-22-13-14-3-5-15(18)6-4-14/h2-10,12H,11,13H2,1H3/b12-2+. The summed E-state index contributed by atoms with van der Waals surface area (Å²) in [7, 11) is 5.12. The smallest absolute Gasteiger partial charge is 0.123 e. The van der Waals surface area contributed by atoms with Crippen molar-refractivity contribution in [2.45, 2.75) is 10.6 Å². The van der Waals surface area contributed by atoms with E-state index in [-0.39, 0.29) is 5.82 Å². The van der Waals surface area contributed by atoms with E-state index < -0.39 is 0 Å². The Kier molecular flexibility index (Phi) is 7.77. The first-order valence-electron chi connectivity index (χ1n) is 6.72. The van der Waals surface area contributed by atoms with Gasteiger partial charge in [-0.1, -0.05) is 39.8 Å². The van der Waals surface area contributed by atoms with E-state index in [0.717, 1.165) is 22.8 Å². The molecule has 0 atom stereocenters. The maximum atomic E-state index is 12.8. The van der Waals surface area contributed by atoms with Crippen LogP contribution in [0.3, 0.4) is 0 Å². The third kappa shape index (κ3) is 6.38. The molecule has 0 aliphatic heterocycles. The molecule has 0 spiro atoms. The minimum Gasteiger partial charge on any atom is -0.497 e. The number of rotatable bonds is 8. The van der Waals surface area contributed by atoms with Gasteiger partial charge in [-0.2, -0.15) is 0 Å². The van der Waals surface area contributed by atoms with E-state index in [4.69, 9.17) is 4.74 Å². The van der Waals surface area contributed by atoms with E-state index in [1.54, 1.807) is 40.5 Å². The van der Waals surface area contributed by atoms with Gasteiger partial charge in [0, 0.05) is 16.4 Å². The molecule has 0 aromatic heterocycles. The molecular formula is C17H17FOS3. The summed E-state index contributed by atoms with van der Waals surface area (Å²) in [6.07, 6.45) is 2.15. The normalized spacial score (nSPS) is 11.0. The van der Waals surface area contributed by atoms with Gasteiger partial charge in [0.15, 0.2) is 0 Å². The van der Waals surface area contributed by atoms with Crippen LogP contribution in [0, 0.1) is 5.82 Å². The Balaban J connectivity index is 1.60. The lowest BCUT2D eigenvalue weighted by Gasteiger charge is -2.01. The Morgan fingerprint density at radius 1 is 1.05 bits per heavy atom. The van der Waals surface area contributed by atoms with Gasteiger partial charge in [-0.25, -0.2) is 4.39 Å². The molecule has 0 fully saturated rings. The summed E-state index contributed by atoms with van der Waals surface area (Å²) in [6, 6.07) is 14.7. The zero-order chi connectivity index (χ0) is 15.6. The van der Waals surface area contributed by atoms with Gasteiger partial charge in [0.2, 0.25) is 0 Å². The van der Waals surface area contributed by atoms with E-state index in [1.165, 1.54) is 17.0 Å². The maximum Gasteiger partial charge on any atom is 0.123 e. The van der Waals surface area contributed by atoms with Crippen molar-refractivity contribution in [1.29, 1.82) is 0 Å². The topological polar surface area (TPSA) is 9.23 Å². The van der Waals surface area contributed by atoms with Gasteiger partial charge in [0.05, 0.1) is 7.11 Å². The lowest BCUT2D eigenvalue weighted by Crippen LogP contribution is -1.81. The molecule has 22 heavy (non-hydrogen) atoms. The molecule has 0 amide bonds. The van der Waals surface area contributed by atoms with Gasteiger partial charge < -0.3 is 4.74 Å². The molecule has 116 valence electrons. The van der Waals surface area contributed by atoms with E-state index in [9.17, 15) is 4.39 Å². The van der Waals surface area contributed by atoms with Crippen LogP contribution < -0.4 is 4.74 Å². The predicted octanol–water partition coefficient (Wildman–Crippen LogP) is 6.02. The molecule has 0 aliphatic rings. The molecule has 0 saturated carbocycles. The number of hydrogen-bond acceptors (Lipinski definition) is 4. The zero-order valence-corrected chi connectivity index (χ0v) is 14.6. The quantitative estimate of drug-likeness (QED) is 0.326. The number of hydrogen-bond donors (Lipinski definition) is 0. The van der Waals surface area contributed by atoms with Crippen LogP contribution in [-0.4, -0.2) is 12.9 Å². The predicted molar refractivity (Wildman–Crippen MR) is 98.1 cm³/mol. The van der Waals surface area contributed by atoms with Crippen LogP contribution in [0.25, 0.3) is 0 Å². The number of methoxy groups -OCH3 is 1. The molecule has 1 nitrogen and oxygen atoms in total. The summed E-state index contributed by atoms with van der Waals surface area (Å²) < 4.78 is 17.9. The minimum atomic E-state index is -0.183. The molecule has 0 radical (unpaired) electrons. The Morgan fingerprint density at radius 2 is 1.77 bits per heavy atom. The molecule has 2 aromatic carbocycles. The van der Waals surface area contributed by atoms with E-state index >= 15 is 0 Å². The third-order valence-electron chi connectivity index (χ3n) is 2.76. The number of halogens is 1. The highest BCUT2D eigenvalue weighted by Gasteiger charge is 1.95. The highest BCUT2D eigenvalue weighted by Crippen LogP contribution is 2.28. The number of thioether (sulfide) groups is 1. The van der Waals surface area contributed by atoms with Crippen LogP contribution in [-0.2, 0) is 5.75 Å². The fourth-order valence-electron chi connectivity index (χ4n) is 1.62. The fraction of sp³-hybridized carbons (Fsp3) is 0.176. The van der Waals surface area contributed by atoms with Crippen molar-refractivity contribution in [2.75, 3.05) is 12.9 Å². The minimum absolute atomic E-state index is 0.183. The van der Waals surface area contributed by atoms with Gasteiger partial charge >= 0.3 is 0 Å². The molecule has 0 bridgehead atoms. The first-order chi connectivity index (χ1) is 10.8. The second kappa shape index (κ2) is 9.87. The van der Waals surface area contributed by atoms with Crippen molar-refractivity contribution in [2.24, 2.45) is 0 Å². The van der Waals surface area contributed by atoms with Crippen LogP contribution in [0.2, 0.25) is 0 Å². The van der Waals surface area contributed by atoms with Gasteiger partial charge in [0.25, 0.3) is 0 Å². The third-order valence-corrected chi connectivity index (χ3v) is 5.71. The summed E-state index contributed by atoms with van der Waals surface area (Å²) in [4.78, 5) is 1.23. The van der Waals surface area contributed by atoms with Crippen molar-refractivity contribution in [3.05, 3.63) is 71.4 Å². The molecule has 0 aliphatic carbocycles. The van der Waals surface area contributed by atoms with E-state index in [0.29, 0.717) is 0 Å². The van der Waals surface area contributed by atoms with Gasteiger partial charge in [0.1, 0.15) is 11.6 Å². The molecule has 0 heterocycles. The van der Waals surface area contributed by atoms with Gasteiger partial charge in [-0.05, 0) is 47.4 Å². The largest absolute Gasteiger partial charge is 0.497 e. The fourth-order valence-corrected chi connectivity index (χ4v) is 4.19. The summed E-state index contributed by atoms with van der Waals surface area (Å²) in [5.41, 5.74) is 1.14. The second-order valence-corrected chi connectivity index (χ2v) is 7.71. The molecule has 5 heteroatoms. The Labute approximate surface area is 143 Å². The Bertz CT molecular complexity index is 582. The Morgan fingerprint density at radius 3 is 2.45 bits per heavy atom. The second-order valence-electron chi connectivity index (χ2n) is 4.34. The highest BCUT2D eigenvalue weighted by atomic mass is 33.1. The van der Waals surface area contributed by atoms with Crippen molar-refractivity contribution in [3.63, 3.8) is 0 Å². The number of benzene rings is 2. The van der Waals surface area contributed by atoms with Crippen LogP contribution >= 0.6 is 33.3 Å². The lowest BCUT2D eigenvalue weighted by atomic mass is 10.2. The van der Waals surface area contributed by atoms with Crippen molar-refractivity contribution < 1.29 is 9.13 Å². The van der Waals surface area contributed by atoms with E-state index in [1.807, 2.05) is 24.3 Å². The molecule has 2 rings (SSSR count). The average Bonchev–Trinajstić information content (AvgIpc) is 2.56. The van der Waals surface area contributed by atoms with Crippen molar-refractivity contribution in [3.8, 4) is 5.75 Å². The van der Waals surface area contributed by atoms with Crippen LogP contribution in [0.1, 0.15) is 5.56 Å². The lowest BCUT2D eigenvalue weighted by molar-refractivity contribution is 0.414. The highest BCUT2D eigenvalue weighted by molar-refractivity contribution is 8.77. The SMILES string of the molecule is COc1ccc(SC/C=C/SSCc2ccc(F)cc2)cc1. The van der Waals surface area contributed by atoms with Crippen LogP contribution in [0.4, 0.5) is 4.39 Å². The summed E-state index contributed by atoms with van der Waals surface area (Å²) in [5.74, 6) is 2.52. The molecule has 0 unspecified atom stereocenters. The summed E-state index contributed by atoms with van der Waals surface area (Å²) in [6.45, 7) is 0. The van der Waals surface area contributed by atoms with Gasteiger partial charge in [-0.3, -0.25) is 0 Å². The maximum absolute atomic E-state index is 12.8. The molecular weight excluding hydrogens is 335 g/mol.